The van der Waals surface area contributed by atoms with Gasteiger partial charge in [0.05, 0.1) is 11.3 Å². The van der Waals surface area contributed by atoms with Crippen molar-refractivity contribution in [1.82, 2.24) is 5.32 Å². The first-order valence-electron chi connectivity index (χ1n) is 7.72. The van der Waals surface area contributed by atoms with Crippen LogP contribution in [0.5, 0.6) is 0 Å². The molecule has 6 heteroatoms. The molecule has 5 nitrogen and oxygen atoms in total. The number of amides is 2. The van der Waals surface area contributed by atoms with E-state index in [0.29, 0.717) is 12.1 Å². The fourth-order valence-corrected chi connectivity index (χ4v) is 4.54. The number of anilines is 2. The van der Waals surface area contributed by atoms with Gasteiger partial charge >= 0.3 is 0 Å². The minimum absolute atomic E-state index is 0.189. The lowest BCUT2D eigenvalue weighted by molar-refractivity contribution is -0.123. The van der Waals surface area contributed by atoms with E-state index >= 15 is 0 Å². The SMILES string of the molecule is C=CCN1C(=O)C2(NC(=O)c3c(sc(C)c3C)N2)c2ccccc21. The quantitative estimate of drug-likeness (QED) is 0.827. The first-order valence-corrected chi connectivity index (χ1v) is 8.54. The molecular formula is C18H17N3O2S. The molecule has 0 radical (unpaired) electrons. The van der Waals surface area contributed by atoms with Gasteiger partial charge in [-0.1, -0.05) is 24.3 Å². The van der Waals surface area contributed by atoms with Gasteiger partial charge in [-0.15, -0.1) is 17.9 Å². The average molecular weight is 339 g/mol. The van der Waals surface area contributed by atoms with Crippen LogP contribution in [0.1, 0.15) is 26.4 Å². The second-order valence-electron chi connectivity index (χ2n) is 6.04. The zero-order valence-corrected chi connectivity index (χ0v) is 14.3. The second kappa shape index (κ2) is 4.95. The number of fused-ring (bicyclic) bond motifs is 3. The van der Waals surface area contributed by atoms with Crippen LogP contribution in [0.15, 0.2) is 36.9 Å². The number of aryl methyl sites for hydroxylation is 1. The third-order valence-corrected chi connectivity index (χ3v) is 5.81. The molecule has 122 valence electrons. The van der Waals surface area contributed by atoms with Gasteiger partial charge in [-0.2, -0.15) is 0 Å². The van der Waals surface area contributed by atoms with Crippen molar-refractivity contribution in [3.8, 4) is 0 Å². The fourth-order valence-electron chi connectivity index (χ4n) is 3.43. The average Bonchev–Trinajstić information content (AvgIpc) is 2.96. The summed E-state index contributed by atoms with van der Waals surface area (Å²) < 4.78 is 0. The molecule has 1 unspecified atom stereocenters. The van der Waals surface area contributed by atoms with Crippen LogP contribution in [0.25, 0.3) is 0 Å². The molecule has 2 aliphatic rings. The molecule has 4 rings (SSSR count). The Morgan fingerprint density at radius 3 is 2.75 bits per heavy atom. The number of hydrogen-bond acceptors (Lipinski definition) is 4. The van der Waals surface area contributed by atoms with E-state index in [1.54, 1.807) is 11.0 Å². The summed E-state index contributed by atoms with van der Waals surface area (Å²) in [5, 5.41) is 6.99. The highest BCUT2D eigenvalue weighted by Crippen LogP contribution is 2.46. The number of benzene rings is 1. The van der Waals surface area contributed by atoms with Crippen molar-refractivity contribution >= 4 is 33.8 Å². The third-order valence-electron chi connectivity index (χ3n) is 4.69. The molecule has 2 aromatic rings. The summed E-state index contributed by atoms with van der Waals surface area (Å²) in [6.07, 6.45) is 1.68. The molecule has 1 spiro atoms. The van der Waals surface area contributed by atoms with Crippen molar-refractivity contribution in [3.05, 3.63) is 58.5 Å². The number of carbonyl (C=O) groups is 2. The summed E-state index contributed by atoms with van der Waals surface area (Å²) in [4.78, 5) is 28.7. The topological polar surface area (TPSA) is 61.4 Å². The summed E-state index contributed by atoms with van der Waals surface area (Å²) in [5.41, 5.74) is 1.91. The molecule has 2 aliphatic heterocycles. The van der Waals surface area contributed by atoms with Gasteiger partial charge < -0.3 is 15.5 Å². The molecule has 1 atom stereocenters. The van der Waals surface area contributed by atoms with Gasteiger partial charge in [0, 0.05) is 17.0 Å². The zero-order valence-electron chi connectivity index (χ0n) is 13.5. The second-order valence-corrected chi connectivity index (χ2v) is 7.26. The molecule has 0 saturated heterocycles. The predicted octanol–water partition coefficient (Wildman–Crippen LogP) is 2.91. The standard InChI is InChI=1S/C18H17N3O2S/c1-4-9-21-13-8-6-5-7-12(13)18(17(21)23)19-15(22)14-10(2)11(3)24-16(14)20-18/h4-8,20H,1,9H2,2-3H3,(H,19,22). The normalized spacial score (nSPS) is 21.3. The van der Waals surface area contributed by atoms with Gasteiger partial charge in [0.2, 0.25) is 5.66 Å². The van der Waals surface area contributed by atoms with Crippen LogP contribution in [0.3, 0.4) is 0 Å². The van der Waals surface area contributed by atoms with Crippen molar-refractivity contribution in [2.24, 2.45) is 0 Å². The molecular weight excluding hydrogens is 322 g/mol. The Hall–Kier alpha value is -2.60. The maximum absolute atomic E-state index is 13.2. The van der Waals surface area contributed by atoms with Gasteiger partial charge in [0.25, 0.3) is 11.8 Å². The van der Waals surface area contributed by atoms with Crippen LogP contribution in [0, 0.1) is 13.8 Å². The molecule has 2 N–H and O–H groups in total. The summed E-state index contributed by atoms with van der Waals surface area (Å²) >= 11 is 1.51. The monoisotopic (exact) mass is 339 g/mol. The van der Waals surface area contributed by atoms with Crippen LogP contribution in [0.4, 0.5) is 10.7 Å². The minimum atomic E-state index is -1.24. The van der Waals surface area contributed by atoms with Crippen molar-refractivity contribution < 1.29 is 9.59 Å². The fraction of sp³-hybridized carbons (Fsp3) is 0.222. The molecule has 1 aromatic carbocycles. The van der Waals surface area contributed by atoms with Crippen molar-refractivity contribution in [2.75, 3.05) is 16.8 Å². The number of carbonyl (C=O) groups excluding carboxylic acids is 2. The summed E-state index contributed by atoms with van der Waals surface area (Å²) in [6.45, 7) is 8.03. The van der Waals surface area contributed by atoms with E-state index < -0.39 is 5.66 Å². The molecule has 0 fully saturated rings. The Morgan fingerprint density at radius 1 is 1.25 bits per heavy atom. The van der Waals surface area contributed by atoms with Crippen LogP contribution in [0.2, 0.25) is 0 Å². The number of nitrogens with zero attached hydrogens (tertiary/aromatic N) is 1. The maximum Gasteiger partial charge on any atom is 0.278 e. The number of nitrogens with one attached hydrogen (secondary N) is 2. The lowest BCUT2D eigenvalue weighted by Crippen LogP contribution is -2.60. The number of rotatable bonds is 2. The summed E-state index contributed by atoms with van der Waals surface area (Å²) in [6, 6.07) is 7.53. The number of hydrogen-bond donors (Lipinski definition) is 2. The van der Waals surface area contributed by atoms with E-state index in [2.05, 4.69) is 17.2 Å². The van der Waals surface area contributed by atoms with E-state index in [1.165, 1.54) is 11.3 Å². The Kier molecular flexibility index (Phi) is 3.08. The summed E-state index contributed by atoms with van der Waals surface area (Å²) in [5.74, 6) is -0.402. The highest BCUT2D eigenvalue weighted by Gasteiger charge is 2.54. The van der Waals surface area contributed by atoms with Gasteiger partial charge in [0.1, 0.15) is 5.00 Å². The molecule has 0 aliphatic carbocycles. The van der Waals surface area contributed by atoms with Crippen LogP contribution < -0.4 is 15.5 Å². The van der Waals surface area contributed by atoms with Crippen LogP contribution in [-0.4, -0.2) is 18.4 Å². The zero-order chi connectivity index (χ0) is 17.1. The number of thiophene rings is 1. The van der Waals surface area contributed by atoms with E-state index in [0.717, 1.165) is 26.7 Å². The predicted molar refractivity (Wildman–Crippen MR) is 95.6 cm³/mol. The highest BCUT2D eigenvalue weighted by molar-refractivity contribution is 7.16. The van der Waals surface area contributed by atoms with Crippen LogP contribution in [-0.2, 0) is 10.5 Å². The summed E-state index contributed by atoms with van der Waals surface area (Å²) in [7, 11) is 0. The number of para-hydroxylation sites is 1. The van der Waals surface area contributed by atoms with Crippen molar-refractivity contribution in [2.45, 2.75) is 19.5 Å². The van der Waals surface area contributed by atoms with E-state index in [4.69, 9.17) is 0 Å². The lowest BCUT2D eigenvalue weighted by atomic mass is 9.97. The smallest absolute Gasteiger partial charge is 0.278 e. The molecule has 2 amide bonds. The first-order chi connectivity index (χ1) is 11.5. The first kappa shape index (κ1) is 15.0. The van der Waals surface area contributed by atoms with Crippen LogP contribution >= 0.6 is 11.3 Å². The van der Waals surface area contributed by atoms with Gasteiger partial charge in [-0.3, -0.25) is 9.59 Å². The lowest BCUT2D eigenvalue weighted by Gasteiger charge is -2.35. The molecule has 0 bridgehead atoms. The van der Waals surface area contributed by atoms with Gasteiger partial charge in [-0.05, 0) is 25.5 Å². The van der Waals surface area contributed by atoms with E-state index in [-0.39, 0.29) is 11.8 Å². The van der Waals surface area contributed by atoms with E-state index in [1.807, 2.05) is 38.1 Å². The van der Waals surface area contributed by atoms with Gasteiger partial charge in [0.15, 0.2) is 0 Å². The third kappa shape index (κ3) is 1.74. The Labute approximate surface area is 144 Å². The highest BCUT2D eigenvalue weighted by atomic mass is 32.1. The Balaban J connectivity index is 1.91. The molecule has 24 heavy (non-hydrogen) atoms. The van der Waals surface area contributed by atoms with E-state index in [9.17, 15) is 9.59 Å². The van der Waals surface area contributed by atoms with Gasteiger partial charge in [-0.25, -0.2) is 0 Å². The molecule has 1 aromatic heterocycles. The van der Waals surface area contributed by atoms with Crippen molar-refractivity contribution in [1.29, 1.82) is 0 Å². The Morgan fingerprint density at radius 2 is 2.00 bits per heavy atom. The molecule has 0 saturated carbocycles. The Bertz CT molecular complexity index is 902. The maximum atomic E-state index is 13.2. The van der Waals surface area contributed by atoms with Crippen molar-refractivity contribution in [3.63, 3.8) is 0 Å². The molecule has 3 heterocycles. The minimum Gasteiger partial charge on any atom is -0.342 e. The largest absolute Gasteiger partial charge is 0.342 e.